The van der Waals surface area contributed by atoms with Crippen LogP contribution in [-0.4, -0.2) is 22.7 Å². The highest BCUT2D eigenvalue weighted by Crippen LogP contribution is 2.27. The number of aromatic nitrogens is 1. The van der Waals surface area contributed by atoms with E-state index < -0.39 is 0 Å². The number of aliphatic hydroxyl groups excluding tert-OH is 1. The highest BCUT2D eigenvalue weighted by atomic mass is 32.1. The van der Waals surface area contributed by atoms with Crippen molar-refractivity contribution < 1.29 is 5.11 Å². The Morgan fingerprint density at radius 3 is 2.48 bits per heavy atom. The number of nitrogens with one attached hydrogen (secondary N) is 1. The van der Waals surface area contributed by atoms with Crippen molar-refractivity contribution in [3.63, 3.8) is 0 Å². The van der Waals surface area contributed by atoms with Crippen molar-refractivity contribution in [3.05, 3.63) is 52.0 Å². The van der Waals surface area contributed by atoms with Gasteiger partial charge in [0.05, 0.1) is 11.1 Å². The number of aliphatic hydroxyl groups is 1. The fraction of sp³-hybridized carbons (Fsp3) is 0.526. The van der Waals surface area contributed by atoms with Crippen LogP contribution in [0.3, 0.4) is 0 Å². The van der Waals surface area contributed by atoms with E-state index in [1.165, 1.54) is 15.4 Å². The van der Waals surface area contributed by atoms with Gasteiger partial charge in [-0.05, 0) is 24.8 Å². The van der Waals surface area contributed by atoms with Gasteiger partial charge in [-0.1, -0.05) is 51.1 Å². The van der Waals surface area contributed by atoms with Gasteiger partial charge in [-0.3, -0.25) is 0 Å². The summed E-state index contributed by atoms with van der Waals surface area (Å²) in [5.41, 5.74) is 1.39. The van der Waals surface area contributed by atoms with Crippen LogP contribution in [0.4, 0.5) is 0 Å². The number of nitrogens with zero attached hydrogens (tertiary/aromatic N) is 1. The van der Waals surface area contributed by atoms with Crippen LogP contribution in [-0.2, 0) is 12.0 Å². The number of hydrogen-bond acceptors (Lipinski definition) is 4. The van der Waals surface area contributed by atoms with Crippen molar-refractivity contribution in [1.82, 2.24) is 10.3 Å². The Labute approximate surface area is 143 Å². The summed E-state index contributed by atoms with van der Waals surface area (Å²) in [5.74, 6) is 0.325. The first-order chi connectivity index (χ1) is 10.9. The molecule has 23 heavy (non-hydrogen) atoms. The van der Waals surface area contributed by atoms with Gasteiger partial charge >= 0.3 is 0 Å². The van der Waals surface area contributed by atoms with Crippen molar-refractivity contribution >= 4 is 11.3 Å². The molecule has 0 radical (unpaired) electrons. The van der Waals surface area contributed by atoms with Gasteiger partial charge < -0.3 is 10.4 Å². The maximum atomic E-state index is 9.76. The van der Waals surface area contributed by atoms with E-state index in [1.807, 2.05) is 19.2 Å². The topological polar surface area (TPSA) is 45.1 Å². The van der Waals surface area contributed by atoms with Crippen LogP contribution < -0.4 is 5.32 Å². The Balaban J connectivity index is 1.93. The lowest BCUT2D eigenvalue weighted by molar-refractivity contribution is 0.173. The molecule has 126 valence electrons. The Bertz CT molecular complexity index is 587. The molecule has 3 nitrogen and oxygen atoms in total. The molecule has 0 saturated carbocycles. The van der Waals surface area contributed by atoms with Crippen LogP contribution in [0.5, 0.6) is 0 Å². The molecule has 0 saturated heterocycles. The van der Waals surface area contributed by atoms with E-state index in [0.29, 0.717) is 5.92 Å². The van der Waals surface area contributed by atoms with Gasteiger partial charge in [0, 0.05) is 29.6 Å². The van der Waals surface area contributed by atoms with Crippen molar-refractivity contribution in [2.75, 3.05) is 6.54 Å². The first-order valence-electron chi connectivity index (χ1n) is 8.25. The van der Waals surface area contributed by atoms with E-state index >= 15 is 0 Å². The summed E-state index contributed by atoms with van der Waals surface area (Å²) in [6, 6.07) is 10.4. The van der Waals surface area contributed by atoms with Gasteiger partial charge in [-0.25, -0.2) is 4.98 Å². The molecule has 1 aromatic heterocycles. The SMILES string of the molecule is CC(O)CC(CNCc1cnc(C(C)(C)C)s1)c1ccccc1. The minimum Gasteiger partial charge on any atom is -0.393 e. The smallest absolute Gasteiger partial charge is 0.0981 e. The second-order valence-corrected chi connectivity index (χ2v) is 8.32. The summed E-state index contributed by atoms with van der Waals surface area (Å²) in [4.78, 5) is 5.79. The normalized spacial score (nSPS) is 14.7. The van der Waals surface area contributed by atoms with Crippen molar-refractivity contribution in [2.45, 2.75) is 58.1 Å². The van der Waals surface area contributed by atoms with E-state index in [2.05, 4.69) is 55.3 Å². The van der Waals surface area contributed by atoms with Gasteiger partial charge in [0.1, 0.15) is 0 Å². The van der Waals surface area contributed by atoms with Crippen LogP contribution >= 0.6 is 11.3 Å². The average Bonchev–Trinajstić information content (AvgIpc) is 2.96. The quantitative estimate of drug-likeness (QED) is 0.803. The molecule has 1 heterocycles. The largest absolute Gasteiger partial charge is 0.393 e. The average molecular weight is 333 g/mol. The highest BCUT2D eigenvalue weighted by Gasteiger charge is 2.18. The first-order valence-corrected chi connectivity index (χ1v) is 9.07. The molecule has 0 spiro atoms. The lowest BCUT2D eigenvalue weighted by Gasteiger charge is -2.19. The monoisotopic (exact) mass is 332 g/mol. The van der Waals surface area contributed by atoms with E-state index in [9.17, 15) is 5.11 Å². The molecule has 4 heteroatoms. The lowest BCUT2D eigenvalue weighted by atomic mass is 9.93. The Morgan fingerprint density at radius 1 is 1.22 bits per heavy atom. The first kappa shape index (κ1) is 18.1. The molecule has 2 atom stereocenters. The molecule has 0 aliphatic rings. The highest BCUT2D eigenvalue weighted by molar-refractivity contribution is 7.11. The predicted octanol–water partition coefficient (Wildman–Crippen LogP) is 4.08. The molecular formula is C19H28N2OS. The molecule has 0 aliphatic heterocycles. The van der Waals surface area contributed by atoms with E-state index in [-0.39, 0.29) is 11.5 Å². The van der Waals surface area contributed by atoms with Gasteiger partial charge in [-0.15, -0.1) is 11.3 Å². The Hall–Kier alpha value is -1.23. The molecule has 0 bridgehead atoms. The lowest BCUT2D eigenvalue weighted by Crippen LogP contribution is -2.23. The predicted molar refractivity (Wildman–Crippen MR) is 98.0 cm³/mol. The number of hydrogen-bond donors (Lipinski definition) is 2. The zero-order chi connectivity index (χ0) is 16.9. The van der Waals surface area contributed by atoms with Crippen molar-refractivity contribution in [3.8, 4) is 0 Å². The number of benzene rings is 1. The zero-order valence-corrected chi connectivity index (χ0v) is 15.4. The Kier molecular flexibility index (Phi) is 6.33. The maximum Gasteiger partial charge on any atom is 0.0981 e. The summed E-state index contributed by atoms with van der Waals surface area (Å²) in [6.07, 6.45) is 2.45. The Morgan fingerprint density at radius 2 is 1.91 bits per heavy atom. The number of rotatable bonds is 7. The summed E-state index contributed by atoms with van der Waals surface area (Å²) in [7, 11) is 0. The molecule has 0 amide bonds. The second kappa shape index (κ2) is 8.04. The van der Waals surface area contributed by atoms with E-state index in [4.69, 9.17) is 0 Å². The van der Waals surface area contributed by atoms with Gasteiger partial charge in [0.15, 0.2) is 0 Å². The molecule has 2 rings (SSSR count). The van der Waals surface area contributed by atoms with Crippen LogP contribution in [0, 0.1) is 0 Å². The van der Waals surface area contributed by atoms with Crippen LogP contribution in [0.1, 0.15) is 55.5 Å². The number of thiazole rings is 1. The van der Waals surface area contributed by atoms with Gasteiger partial charge in [0.25, 0.3) is 0 Å². The third-order valence-corrected chi connectivity index (χ3v) is 5.20. The second-order valence-electron chi connectivity index (χ2n) is 7.20. The summed E-state index contributed by atoms with van der Waals surface area (Å²) in [6.45, 7) is 10.1. The summed E-state index contributed by atoms with van der Waals surface area (Å²) >= 11 is 1.78. The molecule has 0 fully saturated rings. The molecule has 2 aromatic rings. The van der Waals surface area contributed by atoms with Gasteiger partial charge in [0.2, 0.25) is 0 Å². The summed E-state index contributed by atoms with van der Waals surface area (Å²) in [5, 5.41) is 14.5. The van der Waals surface area contributed by atoms with Crippen LogP contribution in [0.15, 0.2) is 36.5 Å². The molecule has 1 aromatic carbocycles. The molecular weight excluding hydrogens is 304 g/mol. The fourth-order valence-electron chi connectivity index (χ4n) is 2.58. The minimum atomic E-state index is -0.294. The molecule has 2 unspecified atom stereocenters. The van der Waals surface area contributed by atoms with Crippen molar-refractivity contribution in [2.24, 2.45) is 0 Å². The maximum absolute atomic E-state index is 9.76. The van der Waals surface area contributed by atoms with Crippen LogP contribution in [0.2, 0.25) is 0 Å². The molecule has 2 N–H and O–H groups in total. The standard InChI is InChI=1S/C19H28N2OS/c1-14(22)10-16(15-8-6-5-7-9-15)11-20-12-17-13-21-18(23-17)19(2,3)4/h5-9,13-14,16,20,22H,10-12H2,1-4H3. The van der Waals surface area contributed by atoms with Crippen molar-refractivity contribution in [1.29, 1.82) is 0 Å². The summed E-state index contributed by atoms with van der Waals surface area (Å²) < 4.78 is 0. The van der Waals surface area contributed by atoms with Crippen LogP contribution in [0.25, 0.3) is 0 Å². The van der Waals surface area contributed by atoms with Gasteiger partial charge in [-0.2, -0.15) is 0 Å². The van der Waals surface area contributed by atoms with E-state index in [0.717, 1.165) is 19.5 Å². The zero-order valence-electron chi connectivity index (χ0n) is 14.5. The fourth-order valence-corrected chi connectivity index (χ4v) is 3.52. The minimum absolute atomic E-state index is 0.113. The third kappa shape index (κ3) is 5.72. The van der Waals surface area contributed by atoms with E-state index in [1.54, 1.807) is 11.3 Å². The molecule has 0 aliphatic carbocycles. The third-order valence-electron chi connectivity index (χ3n) is 3.78.